The van der Waals surface area contributed by atoms with Crippen LogP contribution in [0.2, 0.25) is 0 Å². The van der Waals surface area contributed by atoms with Crippen LogP contribution < -0.4 is 20.9 Å². The first-order chi connectivity index (χ1) is 12.2. The summed E-state index contributed by atoms with van der Waals surface area (Å²) >= 11 is 1.75. The maximum Gasteiger partial charge on any atom is 0.119 e. The molecule has 0 aliphatic carbocycles. The molecule has 0 unspecified atom stereocenters. The van der Waals surface area contributed by atoms with Gasteiger partial charge in [0.2, 0.25) is 0 Å². The van der Waals surface area contributed by atoms with E-state index in [1.165, 1.54) is 20.9 Å². The smallest absolute Gasteiger partial charge is 0.119 e. The molecule has 0 spiro atoms. The van der Waals surface area contributed by atoms with E-state index in [2.05, 4.69) is 24.3 Å². The average Bonchev–Trinajstić information content (AvgIpc) is 2.60. The monoisotopic (exact) mass is 360 g/mol. The van der Waals surface area contributed by atoms with Crippen molar-refractivity contribution in [2.75, 3.05) is 26.3 Å². The first-order valence-electron chi connectivity index (χ1n) is 8.81. The van der Waals surface area contributed by atoms with Crippen LogP contribution >= 0.6 is 11.8 Å². The third-order valence-electron chi connectivity index (χ3n) is 3.73. The second-order valence-corrected chi connectivity index (χ2v) is 6.67. The topological polar surface area (TPSA) is 70.5 Å². The van der Waals surface area contributed by atoms with E-state index in [0.29, 0.717) is 26.3 Å². The molecule has 25 heavy (non-hydrogen) atoms. The van der Waals surface area contributed by atoms with Crippen LogP contribution in [0.15, 0.2) is 46.2 Å². The van der Waals surface area contributed by atoms with E-state index in [-0.39, 0.29) is 0 Å². The standard InChI is InChI=1S/C20H28N2O2S/c1-3-23-17-5-7-19(15(13-17)9-11-21)25-20-8-6-18(24-4-2)14-16(20)10-12-22/h5-8,13-14H,3-4,9-12,21-22H2,1-2H3. The molecule has 0 heterocycles. The van der Waals surface area contributed by atoms with Gasteiger partial charge in [0.15, 0.2) is 0 Å². The van der Waals surface area contributed by atoms with Crippen LogP contribution in [0.25, 0.3) is 0 Å². The largest absolute Gasteiger partial charge is 0.494 e. The summed E-state index contributed by atoms with van der Waals surface area (Å²) in [4.78, 5) is 2.41. The van der Waals surface area contributed by atoms with E-state index < -0.39 is 0 Å². The zero-order chi connectivity index (χ0) is 18.1. The highest BCUT2D eigenvalue weighted by Gasteiger charge is 2.10. The summed E-state index contributed by atoms with van der Waals surface area (Å²) in [7, 11) is 0. The molecule has 2 aromatic rings. The molecule has 0 aliphatic rings. The molecule has 0 bridgehead atoms. The fourth-order valence-corrected chi connectivity index (χ4v) is 3.74. The lowest BCUT2D eigenvalue weighted by Crippen LogP contribution is -2.06. The van der Waals surface area contributed by atoms with Gasteiger partial charge in [-0.2, -0.15) is 0 Å². The van der Waals surface area contributed by atoms with Crippen LogP contribution in [-0.4, -0.2) is 26.3 Å². The fourth-order valence-electron chi connectivity index (χ4n) is 2.64. The third kappa shape index (κ3) is 5.66. The minimum atomic E-state index is 0.613. The summed E-state index contributed by atoms with van der Waals surface area (Å²) in [5.74, 6) is 1.79. The lowest BCUT2D eigenvalue weighted by Gasteiger charge is -2.15. The van der Waals surface area contributed by atoms with Gasteiger partial charge in [0, 0.05) is 9.79 Å². The van der Waals surface area contributed by atoms with E-state index in [4.69, 9.17) is 20.9 Å². The lowest BCUT2D eigenvalue weighted by molar-refractivity contribution is 0.339. The van der Waals surface area contributed by atoms with Gasteiger partial charge in [0.05, 0.1) is 13.2 Å². The van der Waals surface area contributed by atoms with Crippen LogP contribution in [0.3, 0.4) is 0 Å². The first kappa shape index (κ1) is 19.6. The average molecular weight is 361 g/mol. The summed E-state index contributed by atoms with van der Waals surface area (Å²) in [5.41, 5.74) is 14.0. The molecular weight excluding hydrogens is 332 g/mol. The number of rotatable bonds is 10. The van der Waals surface area contributed by atoms with Crippen molar-refractivity contribution in [3.63, 3.8) is 0 Å². The molecule has 0 aromatic heterocycles. The normalized spacial score (nSPS) is 10.7. The van der Waals surface area contributed by atoms with E-state index >= 15 is 0 Å². The maximum absolute atomic E-state index is 5.79. The van der Waals surface area contributed by atoms with E-state index in [1.54, 1.807) is 11.8 Å². The Hall–Kier alpha value is -1.69. The highest BCUT2D eigenvalue weighted by Crippen LogP contribution is 2.36. The summed E-state index contributed by atoms with van der Waals surface area (Å²) < 4.78 is 11.2. The van der Waals surface area contributed by atoms with E-state index in [1.807, 2.05) is 26.0 Å². The van der Waals surface area contributed by atoms with Gasteiger partial charge in [0.25, 0.3) is 0 Å². The minimum absolute atomic E-state index is 0.613. The van der Waals surface area contributed by atoms with E-state index in [9.17, 15) is 0 Å². The van der Waals surface area contributed by atoms with E-state index in [0.717, 1.165) is 24.3 Å². The van der Waals surface area contributed by atoms with Crippen molar-refractivity contribution >= 4 is 11.8 Å². The predicted octanol–water partition coefficient (Wildman–Crippen LogP) is 3.64. The van der Waals surface area contributed by atoms with Crippen molar-refractivity contribution in [1.82, 2.24) is 0 Å². The second kappa shape index (κ2) is 10.3. The molecule has 0 saturated carbocycles. The molecule has 0 aliphatic heterocycles. The van der Waals surface area contributed by atoms with Crippen molar-refractivity contribution in [3.8, 4) is 11.5 Å². The van der Waals surface area contributed by atoms with Crippen LogP contribution in [0, 0.1) is 0 Å². The van der Waals surface area contributed by atoms with Gasteiger partial charge in [-0.1, -0.05) is 11.8 Å². The van der Waals surface area contributed by atoms with Crippen molar-refractivity contribution in [3.05, 3.63) is 47.5 Å². The van der Waals surface area contributed by atoms with Crippen LogP contribution in [0.4, 0.5) is 0 Å². The van der Waals surface area contributed by atoms with Gasteiger partial charge >= 0.3 is 0 Å². The summed E-state index contributed by atoms with van der Waals surface area (Å²) in [6.45, 7) is 6.53. The molecule has 0 atom stereocenters. The van der Waals surface area contributed by atoms with Crippen LogP contribution in [0.1, 0.15) is 25.0 Å². The molecule has 0 radical (unpaired) electrons. The molecule has 0 saturated heterocycles. The zero-order valence-corrected chi connectivity index (χ0v) is 15.9. The predicted molar refractivity (Wildman–Crippen MR) is 105 cm³/mol. The molecule has 136 valence electrons. The van der Waals surface area contributed by atoms with Crippen LogP contribution in [-0.2, 0) is 12.8 Å². The Balaban J connectivity index is 2.31. The Labute approximate surface area is 154 Å². The molecule has 0 fully saturated rings. The molecular formula is C20H28N2O2S. The van der Waals surface area contributed by atoms with Gasteiger partial charge in [-0.15, -0.1) is 0 Å². The van der Waals surface area contributed by atoms with Crippen LogP contribution in [0.5, 0.6) is 11.5 Å². The minimum Gasteiger partial charge on any atom is -0.494 e. The summed E-state index contributed by atoms with van der Waals surface area (Å²) in [5, 5.41) is 0. The lowest BCUT2D eigenvalue weighted by atomic mass is 10.1. The van der Waals surface area contributed by atoms with Crippen molar-refractivity contribution in [2.24, 2.45) is 11.5 Å². The van der Waals surface area contributed by atoms with Crippen molar-refractivity contribution in [2.45, 2.75) is 36.5 Å². The number of benzene rings is 2. The van der Waals surface area contributed by atoms with Gasteiger partial charge in [0.1, 0.15) is 11.5 Å². The number of hydrogen-bond donors (Lipinski definition) is 2. The van der Waals surface area contributed by atoms with Crippen molar-refractivity contribution < 1.29 is 9.47 Å². The second-order valence-electron chi connectivity index (χ2n) is 5.58. The highest BCUT2D eigenvalue weighted by molar-refractivity contribution is 7.99. The Kier molecular flexibility index (Phi) is 8.12. The number of ether oxygens (including phenoxy) is 2. The van der Waals surface area contributed by atoms with Gasteiger partial charge in [-0.3, -0.25) is 0 Å². The number of hydrogen-bond acceptors (Lipinski definition) is 5. The molecule has 4 N–H and O–H groups in total. The molecule has 0 amide bonds. The van der Waals surface area contributed by atoms with Gasteiger partial charge in [-0.25, -0.2) is 0 Å². The Morgan fingerprint density at radius 1 is 0.760 bits per heavy atom. The maximum atomic E-state index is 5.79. The van der Waals surface area contributed by atoms with Crippen molar-refractivity contribution in [1.29, 1.82) is 0 Å². The molecule has 4 nitrogen and oxygen atoms in total. The SMILES string of the molecule is CCOc1ccc(Sc2ccc(OCC)cc2CCN)c(CCN)c1. The first-order valence-corrected chi connectivity index (χ1v) is 9.62. The molecule has 2 aromatic carbocycles. The highest BCUT2D eigenvalue weighted by atomic mass is 32.2. The molecule has 5 heteroatoms. The quantitative estimate of drug-likeness (QED) is 0.677. The van der Waals surface area contributed by atoms with Gasteiger partial charge in [-0.05, 0) is 87.3 Å². The van der Waals surface area contributed by atoms with Gasteiger partial charge < -0.3 is 20.9 Å². The molecule has 2 rings (SSSR count). The summed E-state index contributed by atoms with van der Waals surface area (Å²) in [6, 6.07) is 12.4. The Bertz CT molecular complexity index is 619. The number of nitrogens with two attached hydrogens (primary N) is 2. The third-order valence-corrected chi connectivity index (χ3v) is 4.97. The fraction of sp³-hybridized carbons (Fsp3) is 0.400. The Morgan fingerprint density at radius 3 is 1.56 bits per heavy atom. The Morgan fingerprint density at radius 2 is 1.20 bits per heavy atom. The zero-order valence-electron chi connectivity index (χ0n) is 15.1. The summed E-state index contributed by atoms with van der Waals surface area (Å²) in [6.07, 6.45) is 1.65.